The summed E-state index contributed by atoms with van der Waals surface area (Å²) in [7, 11) is 0. The number of phenolic OH excluding ortho intramolecular Hbond substituents is 1. The molecule has 15 heavy (non-hydrogen) atoms. The van der Waals surface area contributed by atoms with Gasteiger partial charge in [-0.1, -0.05) is 17.7 Å². The summed E-state index contributed by atoms with van der Waals surface area (Å²) in [4.78, 5) is 0. The highest BCUT2D eigenvalue weighted by molar-refractivity contribution is 5.36. The minimum atomic E-state index is -4.66. The maximum Gasteiger partial charge on any atom is 0.414 e. The predicted octanol–water partition coefficient (Wildman–Crippen LogP) is 2.17. The zero-order valence-electron chi connectivity index (χ0n) is 8.04. The van der Waals surface area contributed by atoms with E-state index in [0.717, 1.165) is 5.56 Å². The fourth-order valence-corrected chi connectivity index (χ4v) is 1.20. The van der Waals surface area contributed by atoms with Crippen LogP contribution in [0.2, 0.25) is 0 Å². The van der Waals surface area contributed by atoms with Crippen molar-refractivity contribution < 1.29 is 23.4 Å². The molecule has 2 nitrogen and oxygen atoms in total. The Kier molecular flexibility index (Phi) is 3.24. The zero-order chi connectivity index (χ0) is 11.6. The molecule has 0 bridgehead atoms. The van der Waals surface area contributed by atoms with Crippen LogP contribution in [0.15, 0.2) is 18.2 Å². The SMILES string of the molecule is Cc1ccc(O)c(CC(O)C(F)(F)F)c1. The van der Waals surface area contributed by atoms with E-state index >= 15 is 0 Å². The van der Waals surface area contributed by atoms with Crippen molar-refractivity contribution in [2.45, 2.75) is 25.6 Å². The molecule has 0 heterocycles. The van der Waals surface area contributed by atoms with E-state index < -0.39 is 18.7 Å². The highest BCUT2D eigenvalue weighted by Crippen LogP contribution is 2.26. The number of alkyl halides is 3. The van der Waals surface area contributed by atoms with Gasteiger partial charge in [-0.15, -0.1) is 0 Å². The van der Waals surface area contributed by atoms with E-state index in [4.69, 9.17) is 5.11 Å². The van der Waals surface area contributed by atoms with Gasteiger partial charge in [0.15, 0.2) is 6.10 Å². The molecule has 0 aliphatic carbocycles. The number of hydrogen-bond donors (Lipinski definition) is 2. The van der Waals surface area contributed by atoms with Crippen LogP contribution in [0.4, 0.5) is 13.2 Å². The molecule has 0 amide bonds. The highest BCUT2D eigenvalue weighted by Gasteiger charge is 2.38. The first-order valence-electron chi connectivity index (χ1n) is 4.34. The van der Waals surface area contributed by atoms with E-state index in [-0.39, 0.29) is 11.3 Å². The monoisotopic (exact) mass is 220 g/mol. The van der Waals surface area contributed by atoms with Gasteiger partial charge >= 0.3 is 6.18 Å². The quantitative estimate of drug-likeness (QED) is 0.801. The Labute approximate surface area is 85.0 Å². The van der Waals surface area contributed by atoms with Gasteiger partial charge in [-0.3, -0.25) is 0 Å². The number of hydrogen-bond acceptors (Lipinski definition) is 2. The molecule has 1 atom stereocenters. The van der Waals surface area contributed by atoms with Gasteiger partial charge in [-0.25, -0.2) is 0 Å². The van der Waals surface area contributed by atoms with Gasteiger partial charge in [0.25, 0.3) is 0 Å². The van der Waals surface area contributed by atoms with Crippen molar-refractivity contribution >= 4 is 0 Å². The summed E-state index contributed by atoms with van der Waals surface area (Å²) in [5.74, 6) is -0.232. The number of aliphatic hydroxyl groups excluding tert-OH is 1. The molecule has 1 aromatic rings. The number of rotatable bonds is 2. The Morgan fingerprint density at radius 1 is 1.33 bits per heavy atom. The van der Waals surface area contributed by atoms with Gasteiger partial charge in [-0.05, 0) is 18.6 Å². The second-order valence-corrected chi connectivity index (χ2v) is 3.39. The lowest BCUT2D eigenvalue weighted by Gasteiger charge is -2.15. The molecule has 0 spiro atoms. The summed E-state index contributed by atoms with van der Waals surface area (Å²) in [5.41, 5.74) is 0.831. The fourth-order valence-electron chi connectivity index (χ4n) is 1.20. The minimum Gasteiger partial charge on any atom is -0.508 e. The van der Waals surface area contributed by atoms with Crippen LogP contribution in [0.1, 0.15) is 11.1 Å². The molecule has 5 heteroatoms. The molecule has 1 aromatic carbocycles. The van der Waals surface area contributed by atoms with Crippen LogP contribution in [0.25, 0.3) is 0 Å². The molecule has 0 aromatic heterocycles. The van der Waals surface area contributed by atoms with E-state index in [2.05, 4.69) is 0 Å². The van der Waals surface area contributed by atoms with Gasteiger partial charge in [0, 0.05) is 6.42 Å². The molecule has 0 aliphatic heterocycles. The molecule has 0 saturated heterocycles. The highest BCUT2D eigenvalue weighted by atomic mass is 19.4. The second-order valence-electron chi connectivity index (χ2n) is 3.39. The molecule has 0 radical (unpaired) electrons. The molecule has 0 fully saturated rings. The zero-order valence-corrected chi connectivity index (χ0v) is 8.04. The number of phenols is 1. The van der Waals surface area contributed by atoms with Crippen LogP contribution < -0.4 is 0 Å². The van der Waals surface area contributed by atoms with E-state index in [1.165, 1.54) is 12.1 Å². The Hall–Kier alpha value is -1.23. The molecule has 0 saturated carbocycles. The summed E-state index contributed by atoms with van der Waals surface area (Å²) in [6, 6.07) is 4.32. The number of benzene rings is 1. The average molecular weight is 220 g/mol. The normalized spacial score (nSPS) is 13.9. The van der Waals surface area contributed by atoms with Crippen LogP contribution in [0.5, 0.6) is 5.75 Å². The summed E-state index contributed by atoms with van der Waals surface area (Å²) in [6.45, 7) is 1.70. The summed E-state index contributed by atoms with van der Waals surface area (Å²) < 4.78 is 36.1. The van der Waals surface area contributed by atoms with Crippen molar-refractivity contribution in [1.29, 1.82) is 0 Å². The lowest BCUT2D eigenvalue weighted by atomic mass is 10.0. The third-order valence-corrected chi connectivity index (χ3v) is 2.03. The third-order valence-electron chi connectivity index (χ3n) is 2.03. The molecule has 1 rings (SSSR count). The van der Waals surface area contributed by atoms with Crippen LogP contribution >= 0.6 is 0 Å². The van der Waals surface area contributed by atoms with Crippen molar-refractivity contribution in [3.8, 4) is 5.75 Å². The maximum atomic E-state index is 12.0. The van der Waals surface area contributed by atoms with E-state index in [1.54, 1.807) is 13.0 Å². The first kappa shape index (κ1) is 11.8. The molecule has 84 valence electrons. The van der Waals surface area contributed by atoms with Crippen molar-refractivity contribution in [2.75, 3.05) is 0 Å². The standard InChI is InChI=1S/C10H11F3O2/c1-6-2-3-8(14)7(4-6)5-9(15)10(11,12)13/h2-4,9,14-15H,5H2,1H3. The summed E-state index contributed by atoms with van der Waals surface area (Å²) >= 11 is 0. The molecule has 1 unspecified atom stereocenters. The average Bonchev–Trinajstić information content (AvgIpc) is 2.09. The van der Waals surface area contributed by atoms with Gasteiger partial charge < -0.3 is 10.2 Å². The number of halogens is 3. The summed E-state index contributed by atoms with van der Waals surface area (Å²) in [6.07, 6.45) is -7.72. The maximum absolute atomic E-state index is 12.0. The van der Waals surface area contributed by atoms with Crippen LogP contribution in [0.3, 0.4) is 0 Å². The number of aromatic hydroxyl groups is 1. The largest absolute Gasteiger partial charge is 0.508 e. The fraction of sp³-hybridized carbons (Fsp3) is 0.400. The first-order valence-corrected chi connectivity index (χ1v) is 4.34. The van der Waals surface area contributed by atoms with Crippen molar-refractivity contribution in [3.05, 3.63) is 29.3 Å². The van der Waals surface area contributed by atoms with Crippen molar-refractivity contribution in [1.82, 2.24) is 0 Å². The number of aliphatic hydroxyl groups is 1. The van der Waals surface area contributed by atoms with Crippen molar-refractivity contribution in [3.63, 3.8) is 0 Å². The Bertz CT molecular complexity index is 347. The van der Waals surface area contributed by atoms with E-state index in [0.29, 0.717) is 0 Å². The molecule has 2 N–H and O–H groups in total. The Morgan fingerprint density at radius 3 is 2.47 bits per heavy atom. The lowest BCUT2D eigenvalue weighted by Crippen LogP contribution is -2.30. The van der Waals surface area contributed by atoms with E-state index in [9.17, 15) is 18.3 Å². The van der Waals surface area contributed by atoms with E-state index in [1.807, 2.05) is 0 Å². The van der Waals surface area contributed by atoms with Gasteiger partial charge in [0.05, 0.1) is 0 Å². The minimum absolute atomic E-state index is 0.0971. The van der Waals surface area contributed by atoms with Crippen LogP contribution in [-0.4, -0.2) is 22.5 Å². The van der Waals surface area contributed by atoms with Crippen LogP contribution in [-0.2, 0) is 6.42 Å². The topological polar surface area (TPSA) is 40.5 Å². The lowest BCUT2D eigenvalue weighted by molar-refractivity contribution is -0.203. The van der Waals surface area contributed by atoms with Gasteiger partial charge in [0.2, 0.25) is 0 Å². The third kappa shape index (κ3) is 3.13. The van der Waals surface area contributed by atoms with Crippen LogP contribution in [0, 0.1) is 6.92 Å². The Balaban J connectivity index is 2.85. The summed E-state index contributed by atoms with van der Waals surface area (Å²) in [5, 5.41) is 18.1. The first-order chi connectivity index (χ1) is 6.80. The molecular formula is C10H11F3O2. The molecule has 0 aliphatic rings. The van der Waals surface area contributed by atoms with Gasteiger partial charge in [-0.2, -0.15) is 13.2 Å². The van der Waals surface area contributed by atoms with Gasteiger partial charge in [0.1, 0.15) is 5.75 Å². The second kappa shape index (κ2) is 4.10. The predicted molar refractivity (Wildman–Crippen MR) is 48.6 cm³/mol. The number of aryl methyl sites for hydroxylation is 1. The van der Waals surface area contributed by atoms with Crippen molar-refractivity contribution in [2.24, 2.45) is 0 Å². The Morgan fingerprint density at radius 2 is 1.93 bits per heavy atom. The molecular weight excluding hydrogens is 209 g/mol. The smallest absolute Gasteiger partial charge is 0.414 e.